The monoisotopic (exact) mass is 505 g/mol. The lowest BCUT2D eigenvalue weighted by atomic mass is 10.4. The molecule has 0 unspecified atom stereocenters. The predicted molar refractivity (Wildman–Crippen MR) is 155 cm³/mol. The smallest absolute Gasteiger partial charge is 0.0749 e. The summed E-state index contributed by atoms with van der Waals surface area (Å²) >= 11 is 8.74. The van der Waals surface area contributed by atoms with Gasteiger partial charge in [0.05, 0.1) is 6.19 Å². The largest absolute Gasteiger partial charge is 0.238 e. The SMILES string of the molecule is CSCCCN(P(c1ccccc1)c1ccccc1)P(=S)(c1ccccc1)c1ccccc1. The van der Waals surface area contributed by atoms with E-state index in [0.29, 0.717) is 0 Å². The van der Waals surface area contributed by atoms with Crippen molar-refractivity contribution in [3.05, 3.63) is 121 Å². The van der Waals surface area contributed by atoms with Gasteiger partial charge >= 0.3 is 0 Å². The Morgan fingerprint density at radius 1 is 0.667 bits per heavy atom. The van der Waals surface area contributed by atoms with Gasteiger partial charge in [0.25, 0.3) is 0 Å². The topological polar surface area (TPSA) is 3.24 Å². The Hall–Kier alpha value is -1.73. The third-order valence-electron chi connectivity index (χ3n) is 5.48. The fraction of sp³-hybridized carbons (Fsp3) is 0.143. The van der Waals surface area contributed by atoms with Crippen LogP contribution in [-0.4, -0.2) is 23.0 Å². The van der Waals surface area contributed by atoms with Crippen molar-refractivity contribution in [3.63, 3.8) is 0 Å². The molecule has 0 atom stereocenters. The van der Waals surface area contributed by atoms with Crippen LogP contribution in [0.3, 0.4) is 0 Å². The lowest BCUT2D eigenvalue weighted by Gasteiger charge is -2.42. The van der Waals surface area contributed by atoms with Gasteiger partial charge in [-0.1, -0.05) is 133 Å². The Morgan fingerprint density at radius 3 is 1.45 bits per heavy atom. The van der Waals surface area contributed by atoms with Crippen LogP contribution in [0.2, 0.25) is 0 Å². The van der Waals surface area contributed by atoms with Crippen LogP contribution in [0.5, 0.6) is 0 Å². The van der Waals surface area contributed by atoms with Gasteiger partial charge in [0.2, 0.25) is 0 Å². The van der Waals surface area contributed by atoms with Gasteiger partial charge in [-0.25, -0.2) is 4.44 Å². The average Bonchev–Trinajstić information content (AvgIpc) is 2.90. The third kappa shape index (κ3) is 5.68. The zero-order valence-corrected chi connectivity index (χ0v) is 22.2. The van der Waals surface area contributed by atoms with Crippen molar-refractivity contribution in [2.75, 3.05) is 18.6 Å². The fourth-order valence-electron chi connectivity index (χ4n) is 3.95. The first kappa shape index (κ1) is 24.4. The Balaban J connectivity index is 1.96. The lowest BCUT2D eigenvalue weighted by molar-refractivity contribution is 0.694. The molecule has 0 amide bonds. The molecule has 0 aliphatic carbocycles. The van der Waals surface area contributed by atoms with Crippen LogP contribution in [0.1, 0.15) is 6.42 Å². The third-order valence-corrected chi connectivity index (χ3v) is 14.8. The molecule has 0 fully saturated rings. The Morgan fingerprint density at radius 2 is 1.06 bits per heavy atom. The molecular formula is C28H29NP2S2. The summed E-state index contributed by atoms with van der Waals surface area (Å²) < 4.78 is 2.71. The van der Waals surface area contributed by atoms with Gasteiger partial charge in [-0.15, -0.1) is 0 Å². The first-order valence-electron chi connectivity index (χ1n) is 11.1. The molecule has 1 nitrogen and oxygen atoms in total. The van der Waals surface area contributed by atoms with Crippen molar-refractivity contribution in [1.29, 1.82) is 0 Å². The molecule has 0 aliphatic rings. The minimum absolute atomic E-state index is 0.797. The van der Waals surface area contributed by atoms with Crippen molar-refractivity contribution in [3.8, 4) is 0 Å². The van der Waals surface area contributed by atoms with Crippen molar-refractivity contribution in [1.82, 2.24) is 4.44 Å². The van der Waals surface area contributed by atoms with Crippen LogP contribution in [0.4, 0.5) is 0 Å². The summed E-state index contributed by atoms with van der Waals surface area (Å²) in [6.07, 6.45) is 1.02. The summed E-state index contributed by atoms with van der Waals surface area (Å²) in [5.74, 6) is 1.13. The molecule has 4 aromatic carbocycles. The summed E-state index contributed by atoms with van der Waals surface area (Å²) in [6.45, 7) is 0.970. The normalized spacial score (nSPS) is 11.7. The molecular weight excluding hydrogens is 476 g/mol. The molecule has 168 valence electrons. The van der Waals surface area contributed by atoms with E-state index >= 15 is 0 Å². The number of hydrogen-bond acceptors (Lipinski definition) is 2. The standard InChI is InChI=1S/C28H29NP2S2/c1-33-24-14-23-29(30(25-15-6-2-7-16-25)26-17-8-3-9-18-26)31(32,27-19-10-4-11-20-27)28-21-12-5-13-22-28/h2-13,15-22H,14,23-24H2,1H3. The van der Waals surface area contributed by atoms with Crippen molar-refractivity contribution >= 4 is 59.0 Å². The molecule has 0 aliphatic heterocycles. The molecule has 0 N–H and O–H groups in total. The van der Waals surface area contributed by atoms with Crippen LogP contribution in [0, 0.1) is 0 Å². The number of thioether (sulfide) groups is 1. The van der Waals surface area contributed by atoms with Crippen LogP contribution in [-0.2, 0) is 11.8 Å². The molecule has 0 saturated carbocycles. The lowest BCUT2D eigenvalue weighted by Crippen LogP contribution is -2.35. The first-order valence-corrected chi connectivity index (χ1v) is 16.6. The fourth-order valence-corrected chi connectivity index (χ4v) is 12.7. The highest BCUT2D eigenvalue weighted by molar-refractivity contribution is 8.22. The second-order valence-corrected chi connectivity index (χ2v) is 15.4. The van der Waals surface area contributed by atoms with E-state index in [9.17, 15) is 0 Å². The molecule has 4 aromatic rings. The maximum absolute atomic E-state index is 6.83. The minimum Gasteiger partial charge on any atom is -0.238 e. The van der Waals surface area contributed by atoms with E-state index in [0.717, 1.165) is 18.7 Å². The maximum Gasteiger partial charge on any atom is 0.0749 e. The molecule has 0 radical (unpaired) electrons. The summed E-state index contributed by atoms with van der Waals surface area (Å²) in [6, 6.07) is 43.6. The van der Waals surface area contributed by atoms with Crippen LogP contribution >= 0.6 is 26.0 Å². The Kier molecular flexibility index (Phi) is 8.96. The quantitative estimate of drug-likeness (QED) is 0.188. The molecule has 5 heteroatoms. The van der Waals surface area contributed by atoms with Crippen LogP contribution in [0.25, 0.3) is 0 Å². The van der Waals surface area contributed by atoms with E-state index in [-0.39, 0.29) is 0 Å². The van der Waals surface area contributed by atoms with Crippen LogP contribution < -0.4 is 21.2 Å². The number of hydrogen-bond donors (Lipinski definition) is 0. The Labute approximate surface area is 209 Å². The summed E-state index contributed by atoms with van der Waals surface area (Å²) in [5, 5.41) is 5.22. The Bertz CT molecular complexity index is 1070. The van der Waals surface area contributed by atoms with Crippen molar-refractivity contribution in [2.45, 2.75) is 6.42 Å². The van der Waals surface area contributed by atoms with Gasteiger partial charge in [0, 0.05) is 25.2 Å². The molecule has 0 bridgehead atoms. The maximum atomic E-state index is 6.83. The van der Waals surface area contributed by atoms with Gasteiger partial charge in [0.15, 0.2) is 0 Å². The van der Waals surface area contributed by atoms with E-state index in [1.165, 1.54) is 21.2 Å². The second kappa shape index (κ2) is 12.1. The number of benzene rings is 4. The highest BCUT2D eigenvalue weighted by atomic mass is 32.4. The van der Waals surface area contributed by atoms with Gasteiger partial charge in [-0.3, -0.25) is 0 Å². The molecule has 0 aromatic heterocycles. The number of rotatable bonds is 10. The molecule has 0 saturated heterocycles. The molecule has 0 spiro atoms. The zero-order valence-electron chi connectivity index (χ0n) is 18.8. The van der Waals surface area contributed by atoms with Crippen molar-refractivity contribution < 1.29 is 0 Å². The second-order valence-electron chi connectivity index (χ2n) is 7.67. The van der Waals surface area contributed by atoms with E-state index < -0.39 is 14.3 Å². The summed E-state index contributed by atoms with van der Waals surface area (Å²) in [7, 11) is -0.797. The van der Waals surface area contributed by atoms with E-state index in [2.05, 4.69) is 132 Å². The molecule has 0 heterocycles. The summed E-state index contributed by atoms with van der Waals surface area (Å²) in [4.78, 5) is 0. The predicted octanol–water partition coefficient (Wildman–Crippen LogP) is 6.13. The summed E-state index contributed by atoms with van der Waals surface area (Å²) in [5.41, 5.74) is 0. The van der Waals surface area contributed by atoms with E-state index in [1.807, 2.05) is 11.8 Å². The highest BCUT2D eigenvalue weighted by Gasteiger charge is 2.36. The van der Waals surface area contributed by atoms with E-state index in [4.69, 9.17) is 11.8 Å². The van der Waals surface area contributed by atoms with Gasteiger partial charge < -0.3 is 0 Å². The minimum atomic E-state index is -2.28. The van der Waals surface area contributed by atoms with Gasteiger partial charge in [0.1, 0.15) is 0 Å². The van der Waals surface area contributed by atoms with Crippen LogP contribution in [0.15, 0.2) is 121 Å². The zero-order chi connectivity index (χ0) is 22.9. The number of nitrogens with zero attached hydrogens (tertiary/aromatic N) is 1. The molecule has 33 heavy (non-hydrogen) atoms. The first-order chi connectivity index (χ1) is 16.2. The average molecular weight is 506 g/mol. The van der Waals surface area contributed by atoms with Gasteiger partial charge in [-0.2, -0.15) is 11.8 Å². The van der Waals surface area contributed by atoms with Crippen molar-refractivity contribution in [2.24, 2.45) is 0 Å². The van der Waals surface area contributed by atoms with Gasteiger partial charge in [-0.05, 0) is 29.0 Å². The highest BCUT2D eigenvalue weighted by Crippen LogP contribution is 2.60. The van der Waals surface area contributed by atoms with E-state index in [1.54, 1.807) is 0 Å². The molecule has 4 rings (SSSR count).